The van der Waals surface area contributed by atoms with E-state index in [0.29, 0.717) is 5.82 Å². The number of hydrogen-bond donors (Lipinski definition) is 1. The molecule has 2 heterocycles. The van der Waals surface area contributed by atoms with Crippen LogP contribution in [0.5, 0.6) is 0 Å². The standard InChI is InChI=1S/C19H13ClN4/c20-19-23-16-10-4-9-15(13-6-2-1-3-7-13)17(16)18(24-19)22-14-8-5-11-21-12-14/h1-12H,(H,22,23,24). The van der Waals surface area contributed by atoms with Gasteiger partial charge in [0.1, 0.15) is 5.82 Å². The van der Waals surface area contributed by atoms with Crippen molar-refractivity contribution in [1.29, 1.82) is 0 Å². The third-order valence-electron chi connectivity index (χ3n) is 3.71. The van der Waals surface area contributed by atoms with Gasteiger partial charge < -0.3 is 5.32 Å². The van der Waals surface area contributed by atoms with E-state index in [1.165, 1.54) is 0 Å². The number of fused-ring (bicyclic) bond motifs is 1. The zero-order chi connectivity index (χ0) is 16.4. The van der Waals surface area contributed by atoms with E-state index >= 15 is 0 Å². The smallest absolute Gasteiger partial charge is 0.224 e. The average molecular weight is 333 g/mol. The third kappa shape index (κ3) is 2.79. The van der Waals surface area contributed by atoms with Gasteiger partial charge in [-0.25, -0.2) is 4.98 Å². The lowest BCUT2D eigenvalue weighted by Gasteiger charge is -2.12. The lowest BCUT2D eigenvalue weighted by molar-refractivity contribution is 1.21. The molecule has 0 aliphatic heterocycles. The number of hydrogen-bond acceptors (Lipinski definition) is 4. The summed E-state index contributed by atoms with van der Waals surface area (Å²) in [5.41, 5.74) is 3.79. The minimum atomic E-state index is 0.208. The number of nitrogens with zero attached hydrogens (tertiary/aromatic N) is 3. The molecule has 0 amide bonds. The zero-order valence-electron chi connectivity index (χ0n) is 12.6. The quantitative estimate of drug-likeness (QED) is 0.531. The van der Waals surface area contributed by atoms with E-state index in [1.54, 1.807) is 12.4 Å². The molecule has 0 spiro atoms. The fraction of sp³-hybridized carbons (Fsp3) is 0. The first kappa shape index (κ1) is 14.6. The predicted molar refractivity (Wildman–Crippen MR) is 97.5 cm³/mol. The number of benzene rings is 2. The molecule has 0 bridgehead atoms. The monoisotopic (exact) mass is 332 g/mol. The minimum absolute atomic E-state index is 0.208. The molecule has 4 aromatic rings. The van der Waals surface area contributed by atoms with E-state index in [9.17, 15) is 0 Å². The molecule has 0 aliphatic rings. The molecule has 2 aromatic carbocycles. The van der Waals surface area contributed by atoms with Gasteiger partial charge in [0, 0.05) is 6.20 Å². The summed E-state index contributed by atoms with van der Waals surface area (Å²) < 4.78 is 0. The van der Waals surface area contributed by atoms with Gasteiger partial charge in [0.05, 0.1) is 22.8 Å². The molecule has 0 radical (unpaired) electrons. The van der Waals surface area contributed by atoms with E-state index in [-0.39, 0.29) is 5.28 Å². The van der Waals surface area contributed by atoms with Crippen molar-refractivity contribution in [3.8, 4) is 11.1 Å². The summed E-state index contributed by atoms with van der Waals surface area (Å²) >= 11 is 6.11. The summed E-state index contributed by atoms with van der Waals surface area (Å²) in [7, 11) is 0. The Hall–Kier alpha value is -2.98. The summed E-state index contributed by atoms with van der Waals surface area (Å²) in [5.74, 6) is 0.664. The van der Waals surface area contributed by atoms with Crippen LogP contribution < -0.4 is 5.32 Å². The van der Waals surface area contributed by atoms with Gasteiger partial charge in [-0.2, -0.15) is 4.98 Å². The maximum Gasteiger partial charge on any atom is 0.224 e. The number of halogens is 1. The zero-order valence-corrected chi connectivity index (χ0v) is 13.4. The average Bonchev–Trinajstić information content (AvgIpc) is 2.62. The highest BCUT2D eigenvalue weighted by molar-refractivity contribution is 6.29. The molecule has 4 nitrogen and oxygen atoms in total. The number of nitrogens with one attached hydrogen (secondary N) is 1. The largest absolute Gasteiger partial charge is 0.338 e. The molecule has 0 atom stereocenters. The Balaban J connectivity index is 1.95. The number of rotatable bonds is 3. The lowest BCUT2D eigenvalue weighted by atomic mass is 10.0. The predicted octanol–water partition coefficient (Wildman–Crippen LogP) is 5.09. The Bertz CT molecular complexity index is 988. The SMILES string of the molecule is Clc1nc(Nc2cccnc2)c2c(-c3ccccc3)cccc2n1. The second-order valence-electron chi connectivity index (χ2n) is 5.27. The van der Waals surface area contributed by atoms with Crippen molar-refractivity contribution in [1.82, 2.24) is 15.0 Å². The molecule has 0 fully saturated rings. The first-order chi connectivity index (χ1) is 11.8. The van der Waals surface area contributed by atoms with Crippen molar-refractivity contribution in [2.75, 3.05) is 5.32 Å². The van der Waals surface area contributed by atoms with E-state index in [1.807, 2.05) is 42.5 Å². The third-order valence-corrected chi connectivity index (χ3v) is 3.87. The molecule has 0 saturated heterocycles. The molecule has 1 N–H and O–H groups in total. The second-order valence-corrected chi connectivity index (χ2v) is 5.61. The fourth-order valence-corrected chi connectivity index (χ4v) is 2.85. The molecule has 5 heteroatoms. The minimum Gasteiger partial charge on any atom is -0.338 e. The van der Waals surface area contributed by atoms with Crippen molar-refractivity contribution in [3.63, 3.8) is 0 Å². The van der Waals surface area contributed by atoms with Crippen LogP contribution in [-0.4, -0.2) is 15.0 Å². The van der Waals surface area contributed by atoms with Crippen LogP contribution in [0, 0.1) is 0 Å². The van der Waals surface area contributed by atoms with Gasteiger partial charge in [-0.3, -0.25) is 4.98 Å². The van der Waals surface area contributed by atoms with Crippen LogP contribution in [0.15, 0.2) is 73.1 Å². The maximum absolute atomic E-state index is 6.11. The van der Waals surface area contributed by atoms with Gasteiger partial charge in [-0.1, -0.05) is 42.5 Å². The van der Waals surface area contributed by atoms with Crippen molar-refractivity contribution in [3.05, 3.63) is 78.3 Å². The molecular formula is C19H13ClN4. The second kappa shape index (κ2) is 6.26. The highest BCUT2D eigenvalue weighted by Gasteiger charge is 2.12. The van der Waals surface area contributed by atoms with E-state index in [2.05, 4.69) is 38.5 Å². The first-order valence-electron chi connectivity index (χ1n) is 7.50. The Morgan fingerprint density at radius 1 is 0.833 bits per heavy atom. The normalized spacial score (nSPS) is 10.7. The molecule has 2 aromatic heterocycles. The van der Waals surface area contributed by atoms with Crippen LogP contribution in [-0.2, 0) is 0 Å². The molecule has 0 unspecified atom stereocenters. The highest BCUT2D eigenvalue weighted by atomic mass is 35.5. The van der Waals surface area contributed by atoms with Crippen molar-refractivity contribution in [2.45, 2.75) is 0 Å². The van der Waals surface area contributed by atoms with Gasteiger partial charge >= 0.3 is 0 Å². The van der Waals surface area contributed by atoms with Crippen LogP contribution >= 0.6 is 11.6 Å². The van der Waals surface area contributed by atoms with Gasteiger partial charge in [-0.15, -0.1) is 0 Å². The molecule has 0 saturated carbocycles. The molecule has 0 aliphatic carbocycles. The van der Waals surface area contributed by atoms with Gasteiger partial charge in [0.25, 0.3) is 0 Å². The molecule has 116 valence electrons. The van der Waals surface area contributed by atoms with Crippen molar-refractivity contribution >= 4 is 34.0 Å². The van der Waals surface area contributed by atoms with E-state index in [4.69, 9.17) is 11.6 Å². The van der Waals surface area contributed by atoms with Crippen LogP contribution in [0.2, 0.25) is 5.28 Å². The van der Waals surface area contributed by atoms with Crippen molar-refractivity contribution in [2.24, 2.45) is 0 Å². The number of anilines is 2. The summed E-state index contributed by atoms with van der Waals surface area (Å²) in [5, 5.41) is 4.44. The van der Waals surface area contributed by atoms with Gasteiger partial charge in [0.15, 0.2) is 0 Å². The maximum atomic E-state index is 6.11. The van der Waals surface area contributed by atoms with Crippen LogP contribution in [0.3, 0.4) is 0 Å². The Kier molecular flexibility index (Phi) is 3.81. The van der Waals surface area contributed by atoms with Gasteiger partial charge in [-0.05, 0) is 40.9 Å². The lowest BCUT2D eigenvalue weighted by Crippen LogP contribution is -1.99. The Morgan fingerprint density at radius 2 is 1.71 bits per heavy atom. The summed E-state index contributed by atoms with van der Waals surface area (Å²) in [4.78, 5) is 12.9. The number of aromatic nitrogens is 3. The van der Waals surface area contributed by atoms with E-state index < -0.39 is 0 Å². The summed E-state index contributed by atoms with van der Waals surface area (Å²) in [6.45, 7) is 0. The summed E-state index contributed by atoms with van der Waals surface area (Å²) in [6.07, 6.45) is 3.47. The van der Waals surface area contributed by atoms with Gasteiger partial charge in [0.2, 0.25) is 5.28 Å². The molecule has 24 heavy (non-hydrogen) atoms. The Morgan fingerprint density at radius 3 is 2.50 bits per heavy atom. The fourth-order valence-electron chi connectivity index (χ4n) is 2.68. The van der Waals surface area contributed by atoms with Crippen LogP contribution in [0.25, 0.3) is 22.0 Å². The topological polar surface area (TPSA) is 50.7 Å². The first-order valence-corrected chi connectivity index (χ1v) is 7.88. The summed E-state index contributed by atoms with van der Waals surface area (Å²) in [6, 6.07) is 19.9. The molecular weight excluding hydrogens is 320 g/mol. The van der Waals surface area contributed by atoms with Crippen LogP contribution in [0.4, 0.5) is 11.5 Å². The number of pyridine rings is 1. The molecule has 4 rings (SSSR count). The Labute approximate surface area is 144 Å². The van der Waals surface area contributed by atoms with Crippen molar-refractivity contribution < 1.29 is 0 Å². The highest BCUT2D eigenvalue weighted by Crippen LogP contribution is 2.34. The van der Waals surface area contributed by atoms with E-state index in [0.717, 1.165) is 27.7 Å². The van der Waals surface area contributed by atoms with Crippen LogP contribution in [0.1, 0.15) is 0 Å².